The zero-order valence-electron chi connectivity index (χ0n) is 9.02. The maximum absolute atomic E-state index is 12.0. The van der Waals surface area contributed by atoms with Gasteiger partial charge in [0.05, 0.1) is 5.56 Å². The van der Waals surface area contributed by atoms with Crippen LogP contribution in [0, 0.1) is 0 Å². The van der Waals surface area contributed by atoms with Gasteiger partial charge in [0.2, 0.25) is 0 Å². The molecule has 9 heteroatoms. The minimum Gasteiger partial charge on any atom is -1.00 e. The molecule has 0 aliphatic carbocycles. The molecule has 0 aromatic heterocycles. The van der Waals surface area contributed by atoms with Crippen LogP contribution in [0.2, 0.25) is 0 Å². The molecule has 0 radical (unpaired) electrons. The molecule has 4 nitrogen and oxygen atoms in total. The molecule has 86 valence electrons. The number of benzene rings is 1. The van der Waals surface area contributed by atoms with Crippen LogP contribution in [0.3, 0.4) is 0 Å². The maximum atomic E-state index is 12.0. The standard InChI is InChI=1S/C7H5F3O4S.Li.H/c8-7(9,10)5-1-3-6(4-2-5)14-15(11,12)13;;/h1-4H,(H,11,12,13);;/q;+1;-1. The molecule has 1 aromatic carbocycles. The summed E-state index contributed by atoms with van der Waals surface area (Å²) in [5, 5.41) is 0. The van der Waals surface area contributed by atoms with E-state index in [4.69, 9.17) is 4.55 Å². The molecule has 1 aromatic rings. The fourth-order valence-electron chi connectivity index (χ4n) is 0.821. The fraction of sp³-hybridized carbons (Fsp3) is 0.143. The van der Waals surface area contributed by atoms with Gasteiger partial charge < -0.3 is 5.61 Å². The van der Waals surface area contributed by atoms with Crippen LogP contribution in [0.1, 0.15) is 6.99 Å². The Labute approximate surface area is 103 Å². The molecule has 0 fully saturated rings. The average Bonchev–Trinajstić information content (AvgIpc) is 2.00. The maximum Gasteiger partial charge on any atom is 1.00 e. The van der Waals surface area contributed by atoms with Gasteiger partial charge in [0, 0.05) is 0 Å². The van der Waals surface area contributed by atoms with Crippen LogP contribution >= 0.6 is 0 Å². The van der Waals surface area contributed by atoms with E-state index < -0.39 is 27.9 Å². The summed E-state index contributed by atoms with van der Waals surface area (Å²) in [6, 6.07) is 2.86. The van der Waals surface area contributed by atoms with Gasteiger partial charge in [-0.3, -0.25) is 4.55 Å². The third-order valence-electron chi connectivity index (χ3n) is 1.38. The smallest absolute Gasteiger partial charge is 1.00 e. The first-order chi connectivity index (χ1) is 6.68. The third kappa shape index (κ3) is 4.89. The Morgan fingerprint density at radius 2 is 1.62 bits per heavy atom. The molecule has 0 aliphatic rings. The summed E-state index contributed by atoms with van der Waals surface area (Å²) < 4.78 is 68.7. The van der Waals surface area contributed by atoms with Crippen molar-refractivity contribution in [2.24, 2.45) is 0 Å². The van der Waals surface area contributed by atoms with Crippen molar-refractivity contribution < 1.29 is 50.6 Å². The molecule has 0 saturated carbocycles. The number of alkyl halides is 3. The Kier molecular flexibility index (Phi) is 4.88. The first kappa shape index (κ1) is 15.3. The molecule has 0 saturated heterocycles. The van der Waals surface area contributed by atoms with Crippen LogP contribution < -0.4 is 23.0 Å². The van der Waals surface area contributed by atoms with Crippen LogP contribution in [-0.2, 0) is 16.6 Å². The van der Waals surface area contributed by atoms with Gasteiger partial charge in [0.25, 0.3) is 0 Å². The van der Waals surface area contributed by atoms with Crippen LogP contribution in [0.4, 0.5) is 13.2 Å². The minimum absolute atomic E-state index is 0. The van der Waals surface area contributed by atoms with E-state index >= 15 is 0 Å². The average molecular weight is 250 g/mol. The van der Waals surface area contributed by atoms with Crippen molar-refractivity contribution in [1.29, 1.82) is 0 Å². The van der Waals surface area contributed by atoms with E-state index in [1.54, 1.807) is 0 Å². The van der Waals surface area contributed by atoms with Crippen LogP contribution in [0.15, 0.2) is 24.3 Å². The fourth-order valence-corrected chi connectivity index (χ4v) is 1.18. The minimum atomic E-state index is -4.71. The molecule has 0 aliphatic heterocycles. The van der Waals surface area contributed by atoms with Crippen molar-refractivity contribution in [3.63, 3.8) is 0 Å². The van der Waals surface area contributed by atoms with E-state index in [1.807, 2.05) is 0 Å². The van der Waals surface area contributed by atoms with Gasteiger partial charge in [-0.05, 0) is 24.3 Å². The largest absolute Gasteiger partial charge is 1.00 e. The van der Waals surface area contributed by atoms with Crippen LogP contribution in [0.5, 0.6) is 5.75 Å². The van der Waals surface area contributed by atoms with E-state index in [2.05, 4.69) is 4.18 Å². The van der Waals surface area contributed by atoms with Gasteiger partial charge in [-0.1, -0.05) is 0 Å². The second-order valence-electron chi connectivity index (χ2n) is 2.53. The van der Waals surface area contributed by atoms with Gasteiger partial charge in [-0.2, -0.15) is 21.6 Å². The summed E-state index contributed by atoms with van der Waals surface area (Å²) >= 11 is 0. The Morgan fingerprint density at radius 3 is 1.94 bits per heavy atom. The quantitative estimate of drug-likeness (QED) is 0.540. The van der Waals surface area contributed by atoms with E-state index in [1.165, 1.54) is 0 Å². The van der Waals surface area contributed by atoms with Crippen molar-refractivity contribution >= 4 is 10.4 Å². The van der Waals surface area contributed by atoms with Crippen LogP contribution in [-0.4, -0.2) is 13.0 Å². The molecule has 1 N–H and O–H groups in total. The van der Waals surface area contributed by atoms with Crippen molar-refractivity contribution in [3.8, 4) is 5.75 Å². The summed E-state index contributed by atoms with van der Waals surface area (Å²) in [6.45, 7) is 0. The Bertz CT molecular complexity index is 445. The molecule has 1 rings (SSSR count). The monoisotopic (exact) mass is 250 g/mol. The molecule has 16 heavy (non-hydrogen) atoms. The van der Waals surface area contributed by atoms with Gasteiger partial charge in [0.1, 0.15) is 5.75 Å². The zero-order chi connectivity index (χ0) is 11.7. The molecule has 0 unspecified atom stereocenters. The van der Waals surface area contributed by atoms with Crippen molar-refractivity contribution in [1.82, 2.24) is 0 Å². The van der Waals surface area contributed by atoms with Gasteiger partial charge in [-0.15, -0.1) is 0 Å². The van der Waals surface area contributed by atoms with Crippen molar-refractivity contribution in [2.45, 2.75) is 6.18 Å². The van der Waals surface area contributed by atoms with E-state index in [0.717, 1.165) is 12.1 Å². The second kappa shape index (κ2) is 5.10. The first-order valence-electron chi connectivity index (χ1n) is 3.53. The number of rotatable bonds is 2. The van der Waals surface area contributed by atoms with Gasteiger partial charge in [0.15, 0.2) is 0 Å². The zero-order valence-corrected chi connectivity index (χ0v) is 8.84. The summed E-state index contributed by atoms with van der Waals surface area (Å²) in [6.07, 6.45) is -4.50. The molecule has 0 bridgehead atoms. The molecule has 0 amide bonds. The van der Waals surface area contributed by atoms with E-state index in [-0.39, 0.29) is 20.3 Å². The van der Waals surface area contributed by atoms with E-state index in [9.17, 15) is 21.6 Å². The number of hydrogen-bond acceptors (Lipinski definition) is 3. The summed E-state index contributed by atoms with van der Waals surface area (Å²) in [7, 11) is -4.71. The van der Waals surface area contributed by atoms with Gasteiger partial charge in [-0.25, -0.2) is 0 Å². The first-order valence-corrected chi connectivity index (χ1v) is 4.89. The Hall–Kier alpha value is -0.683. The van der Waals surface area contributed by atoms with Gasteiger partial charge >= 0.3 is 35.4 Å². The summed E-state index contributed by atoms with van der Waals surface area (Å²) in [5.74, 6) is -0.398. The summed E-state index contributed by atoms with van der Waals surface area (Å²) in [4.78, 5) is 0. The predicted molar refractivity (Wildman–Crippen MR) is 44.7 cm³/mol. The van der Waals surface area contributed by atoms with Crippen molar-refractivity contribution in [2.75, 3.05) is 0 Å². The summed E-state index contributed by atoms with van der Waals surface area (Å²) in [5.41, 5.74) is -0.940. The molecule has 0 atom stereocenters. The molecule has 0 heterocycles. The molecular formula is C7H6F3LiO4S. The van der Waals surface area contributed by atoms with Crippen LogP contribution in [0.25, 0.3) is 0 Å². The SMILES string of the molecule is O=S(=O)(O)Oc1ccc(C(F)(F)F)cc1.[H-].[Li+]. The molecule has 0 spiro atoms. The topological polar surface area (TPSA) is 63.6 Å². The third-order valence-corrected chi connectivity index (χ3v) is 1.79. The second-order valence-corrected chi connectivity index (χ2v) is 3.56. The predicted octanol–water partition coefficient (Wildman–Crippen LogP) is -0.996. The molecular weight excluding hydrogens is 244 g/mol. The van der Waals surface area contributed by atoms with E-state index in [0.29, 0.717) is 12.1 Å². The number of halogens is 3. The Balaban J connectivity index is 0. The Morgan fingerprint density at radius 1 is 1.19 bits per heavy atom. The normalized spacial score (nSPS) is 11.8. The van der Waals surface area contributed by atoms with Crippen molar-refractivity contribution in [3.05, 3.63) is 29.8 Å². The number of hydrogen-bond donors (Lipinski definition) is 1.